The van der Waals surface area contributed by atoms with Gasteiger partial charge in [-0.25, -0.2) is 4.98 Å². The second-order valence-corrected chi connectivity index (χ2v) is 4.79. The maximum absolute atomic E-state index is 11.7. The van der Waals surface area contributed by atoms with Crippen molar-refractivity contribution in [2.75, 3.05) is 14.2 Å². The summed E-state index contributed by atoms with van der Waals surface area (Å²) in [4.78, 5) is 15.9. The lowest BCUT2D eigenvalue weighted by atomic mass is 9.96. The summed E-state index contributed by atoms with van der Waals surface area (Å²) in [6.45, 7) is 6.78. The first-order valence-corrected chi connectivity index (χ1v) is 6.20. The van der Waals surface area contributed by atoms with Crippen LogP contribution in [0.25, 0.3) is 0 Å². The van der Waals surface area contributed by atoms with E-state index in [-0.39, 0.29) is 5.97 Å². The second kappa shape index (κ2) is 6.00. The minimum absolute atomic E-state index is 0.219. The van der Waals surface area contributed by atoms with Crippen molar-refractivity contribution in [3.8, 4) is 0 Å². The molecular weight excluding hydrogens is 230 g/mol. The summed E-state index contributed by atoms with van der Waals surface area (Å²) in [5.74, 6) is -0.219. The third-order valence-corrected chi connectivity index (χ3v) is 3.61. The number of hydrogen-bond donors (Lipinski definition) is 1. The lowest BCUT2D eigenvalue weighted by molar-refractivity contribution is -0.148. The Hall–Kier alpha value is -1.36. The predicted octanol–water partition coefficient (Wildman–Crippen LogP) is 1.43. The van der Waals surface area contributed by atoms with Gasteiger partial charge in [0.25, 0.3) is 0 Å². The van der Waals surface area contributed by atoms with Crippen molar-refractivity contribution in [2.45, 2.75) is 45.7 Å². The van der Waals surface area contributed by atoms with E-state index in [2.05, 4.69) is 21.8 Å². The van der Waals surface area contributed by atoms with Crippen LogP contribution < -0.4 is 5.32 Å². The van der Waals surface area contributed by atoms with E-state index in [4.69, 9.17) is 4.74 Å². The molecule has 1 unspecified atom stereocenters. The minimum atomic E-state index is -0.613. The first kappa shape index (κ1) is 14.7. The van der Waals surface area contributed by atoms with E-state index in [1.165, 1.54) is 12.8 Å². The topological polar surface area (TPSA) is 56.2 Å². The van der Waals surface area contributed by atoms with Crippen molar-refractivity contribution in [1.82, 2.24) is 14.9 Å². The fourth-order valence-electron chi connectivity index (χ4n) is 1.93. The Labute approximate surface area is 109 Å². The summed E-state index contributed by atoms with van der Waals surface area (Å²) in [5.41, 5.74) is 1.62. The molecule has 0 aliphatic carbocycles. The Morgan fingerprint density at radius 1 is 1.56 bits per heavy atom. The minimum Gasteiger partial charge on any atom is -0.468 e. The van der Waals surface area contributed by atoms with Crippen molar-refractivity contribution < 1.29 is 9.53 Å². The molecule has 1 atom stereocenters. The van der Waals surface area contributed by atoms with Gasteiger partial charge in [-0.05, 0) is 40.7 Å². The number of carbonyl (C=O) groups excluding carboxylic acids is 1. The zero-order valence-electron chi connectivity index (χ0n) is 11.9. The van der Waals surface area contributed by atoms with Gasteiger partial charge in [-0.2, -0.15) is 0 Å². The Bertz CT molecular complexity index is 414. The normalized spacial score (nSPS) is 14.3. The highest BCUT2D eigenvalue weighted by Crippen LogP contribution is 2.15. The molecule has 1 aromatic heterocycles. The van der Waals surface area contributed by atoms with Crippen molar-refractivity contribution in [1.29, 1.82) is 0 Å². The molecule has 1 aromatic rings. The van der Waals surface area contributed by atoms with Crippen molar-refractivity contribution in [2.24, 2.45) is 0 Å². The second-order valence-electron chi connectivity index (χ2n) is 4.79. The number of methoxy groups -OCH3 is 1. The van der Waals surface area contributed by atoms with Crippen LogP contribution in [-0.4, -0.2) is 35.2 Å². The number of carbonyl (C=O) groups is 1. The molecule has 102 valence electrons. The smallest absolute Gasteiger partial charge is 0.325 e. The fourth-order valence-corrected chi connectivity index (χ4v) is 1.93. The summed E-state index contributed by atoms with van der Waals surface area (Å²) < 4.78 is 6.93. The van der Waals surface area contributed by atoms with Crippen LogP contribution >= 0.6 is 0 Å². The number of nitrogens with one attached hydrogen (secondary N) is 1. The number of esters is 1. The van der Waals surface area contributed by atoms with Gasteiger partial charge < -0.3 is 14.6 Å². The quantitative estimate of drug-likeness (QED) is 0.779. The highest BCUT2D eigenvalue weighted by Gasteiger charge is 2.31. The van der Waals surface area contributed by atoms with Gasteiger partial charge in [0, 0.05) is 12.2 Å². The zero-order valence-corrected chi connectivity index (χ0v) is 11.9. The highest BCUT2D eigenvalue weighted by atomic mass is 16.5. The SMILES string of the molecule is CNC(C)(CCCn1cnc(C)c1C)C(=O)OC. The van der Waals surface area contributed by atoms with Crippen molar-refractivity contribution in [3.63, 3.8) is 0 Å². The molecule has 1 rings (SSSR count). The molecule has 0 radical (unpaired) electrons. The van der Waals surface area contributed by atoms with Gasteiger partial charge in [-0.3, -0.25) is 4.79 Å². The van der Waals surface area contributed by atoms with Gasteiger partial charge in [0.1, 0.15) is 5.54 Å². The van der Waals surface area contributed by atoms with E-state index in [0.717, 1.165) is 25.1 Å². The Morgan fingerprint density at radius 2 is 2.22 bits per heavy atom. The summed E-state index contributed by atoms with van der Waals surface area (Å²) in [6.07, 6.45) is 3.47. The number of likely N-dealkylation sites (N-methyl/N-ethyl adjacent to an activating group) is 1. The van der Waals surface area contributed by atoms with Crippen LogP contribution in [0.3, 0.4) is 0 Å². The van der Waals surface area contributed by atoms with Crippen LogP contribution in [-0.2, 0) is 16.1 Å². The average Bonchev–Trinajstić information content (AvgIpc) is 2.69. The molecule has 0 spiro atoms. The molecule has 0 saturated heterocycles. The van der Waals surface area contributed by atoms with Gasteiger partial charge >= 0.3 is 5.97 Å². The van der Waals surface area contributed by atoms with Gasteiger partial charge in [-0.1, -0.05) is 0 Å². The third kappa shape index (κ3) is 3.10. The Balaban J connectivity index is 2.55. The number of aryl methyl sites for hydroxylation is 2. The lowest BCUT2D eigenvalue weighted by Crippen LogP contribution is -2.48. The number of ether oxygens (including phenoxy) is 1. The van der Waals surface area contributed by atoms with Crippen LogP contribution in [0.4, 0.5) is 0 Å². The van der Waals surface area contributed by atoms with Gasteiger partial charge in [0.05, 0.1) is 19.1 Å². The lowest BCUT2D eigenvalue weighted by Gasteiger charge is -2.26. The first-order valence-electron chi connectivity index (χ1n) is 6.20. The first-order chi connectivity index (χ1) is 8.44. The van der Waals surface area contributed by atoms with Crippen LogP contribution in [0.1, 0.15) is 31.2 Å². The summed E-state index contributed by atoms with van der Waals surface area (Å²) in [6, 6.07) is 0. The summed E-state index contributed by atoms with van der Waals surface area (Å²) in [7, 11) is 3.20. The molecule has 18 heavy (non-hydrogen) atoms. The molecule has 0 amide bonds. The average molecular weight is 253 g/mol. The van der Waals surface area contributed by atoms with Crippen molar-refractivity contribution in [3.05, 3.63) is 17.7 Å². The molecule has 0 fully saturated rings. The number of nitrogens with zero attached hydrogens (tertiary/aromatic N) is 2. The number of rotatable bonds is 6. The standard InChI is InChI=1S/C13H23N3O2/c1-10-11(2)16(9-15-10)8-6-7-13(3,14-4)12(17)18-5/h9,14H,6-8H2,1-5H3. The molecule has 1 heterocycles. The van der Waals surface area contributed by atoms with E-state index in [0.29, 0.717) is 0 Å². The van der Waals surface area contributed by atoms with Gasteiger partial charge in [-0.15, -0.1) is 0 Å². The molecule has 0 aliphatic rings. The van der Waals surface area contributed by atoms with Crippen molar-refractivity contribution >= 4 is 5.97 Å². The van der Waals surface area contributed by atoms with Crippen LogP contribution in [0.15, 0.2) is 6.33 Å². The predicted molar refractivity (Wildman–Crippen MR) is 70.4 cm³/mol. The van der Waals surface area contributed by atoms with E-state index < -0.39 is 5.54 Å². The highest BCUT2D eigenvalue weighted by molar-refractivity contribution is 5.80. The van der Waals surface area contributed by atoms with Gasteiger partial charge in [0.2, 0.25) is 0 Å². The zero-order chi connectivity index (χ0) is 13.8. The molecule has 0 bridgehead atoms. The van der Waals surface area contributed by atoms with E-state index in [9.17, 15) is 4.79 Å². The Morgan fingerprint density at radius 3 is 2.67 bits per heavy atom. The van der Waals surface area contributed by atoms with E-state index in [1.54, 1.807) is 7.05 Å². The number of imidazole rings is 1. The number of aromatic nitrogens is 2. The van der Waals surface area contributed by atoms with Crippen LogP contribution in [0.5, 0.6) is 0 Å². The van der Waals surface area contributed by atoms with Crippen LogP contribution in [0.2, 0.25) is 0 Å². The molecule has 0 aliphatic heterocycles. The van der Waals surface area contributed by atoms with E-state index in [1.807, 2.05) is 20.2 Å². The molecule has 5 nitrogen and oxygen atoms in total. The fraction of sp³-hybridized carbons (Fsp3) is 0.692. The Kier molecular flexibility index (Phi) is 4.90. The number of hydrogen-bond acceptors (Lipinski definition) is 4. The summed E-state index contributed by atoms with van der Waals surface area (Å²) >= 11 is 0. The molecule has 5 heteroatoms. The maximum atomic E-state index is 11.7. The monoisotopic (exact) mass is 253 g/mol. The molecule has 0 saturated carbocycles. The molecule has 1 N–H and O–H groups in total. The molecular formula is C13H23N3O2. The summed E-state index contributed by atoms with van der Waals surface area (Å²) in [5, 5.41) is 3.04. The molecule has 0 aromatic carbocycles. The third-order valence-electron chi connectivity index (χ3n) is 3.61. The maximum Gasteiger partial charge on any atom is 0.325 e. The largest absolute Gasteiger partial charge is 0.468 e. The van der Waals surface area contributed by atoms with Crippen LogP contribution in [0, 0.1) is 13.8 Å². The van der Waals surface area contributed by atoms with E-state index >= 15 is 0 Å². The van der Waals surface area contributed by atoms with Gasteiger partial charge in [0.15, 0.2) is 0 Å².